The lowest BCUT2D eigenvalue weighted by atomic mass is 9.91. The van der Waals surface area contributed by atoms with Crippen LogP contribution in [0.4, 0.5) is 17.1 Å². The second-order valence-corrected chi connectivity index (χ2v) is 16.0. The maximum atomic E-state index is 2.43. The first-order chi connectivity index (χ1) is 28.7. The van der Waals surface area contributed by atoms with Crippen molar-refractivity contribution in [3.05, 3.63) is 224 Å². The minimum absolute atomic E-state index is 1.11. The van der Waals surface area contributed by atoms with Gasteiger partial charge in [0.1, 0.15) is 0 Å². The van der Waals surface area contributed by atoms with Crippen molar-refractivity contribution in [3.63, 3.8) is 0 Å². The first kappa shape index (κ1) is 34.0. The molecule has 0 saturated heterocycles. The molecule has 0 fully saturated rings. The van der Waals surface area contributed by atoms with E-state index in [1.807, 2.05) is 11.3 Å². The van der Waals surface area contributed by atoms with Crippen LogP contribution in [-0.2, 0) is 0 Å². The number of hydrogen-bond acceptors (Lipinski definition) is 2. The average molecular weight is 756 g/mol. The van der Waals surface area contributed by atoms with E-state index in [2.05, 4.69) is 229 Å². The summed E-state index contributed by atoms with van der Waals surface area (Å²) in [6.07, 6.45) is 0. The molecule has 2 heteroatoms. The van der Waals surface area contributed by atoms with E-state index in [4.69, 9.17) is 0 Å². The van der Waals surface area contributed by atoms with E-state index >= 15 is 0 Å². The minimum atomic E-state index is 1.11. The lowest BCUT2D eigenvalue weighted by Gasteiger charge is -2.27. The molecule has 0 aliphatic rings. The fraction of sp³-hybridized carbons (Fsp3) is 0. The van der Waals surface area contributed by atoms with Crippen LogP contribution < -0.4 is 4.90 Å². The number of rotatable bonds is 7. The molecule has 10 aromatic carbocycles. The molecule has 0 bridgehead atoms. The molecule has 0 aliphatic carbocycles. The van der Waals surface area contributed by atoms with E-state index in [-0.39, 0.29) is 0 Å². The van der Waals surface area contributed by atoms with Gasteiger partial charge in [-0.25, -0.2) is 0 Å². The summed E-state index contributed by atoms with van der Waals surface area (Å²) in [4.78, 5) is 2.43. The molecule has 0 aliphatic heterocycles. The maximum absolute atomic E-state index is 2.43. The molecule has 1 heterocycles. The Bertz CT molecular complexity index is 3090. The minimum Gasteiger partial charge on any atom is -0.309 e. The molecular formula is C56H37NS. The van der Waals surface area contributed by atoms with Crippen molar-refractivity contribution in [1.82, 2.24) is 0 Å². The molecule has 0 spiro atoms. The van der Waals surface area contributed by atoms with E-state index in [0.717, 1.165) is 11.4 Å². The molecule has 0 radical (unpaired) electrons. The largest absolute Gasteiger partial charge is 0.309 e. The molecule has 11 aromatic rings. The fourth-order valence-electron chi connectivity index (χ4n) is 8.59. The predicted molar refractivity (Wildman–Crippen MR) is 251 cm³/mol. The average Bonchev–Trinajstić information content (AvgIpc) is 3.69. The van der Waals surface area contributed by atoms with E-state index < -0.39 is 0 Å². The Kier molecular flexibility index (Phi) is 8.42. The first-order valence-corrected chi connectivity index (χ1v) is 20.6. The predicted octanol–water partition coefficient (Wildman–Crippen LogP) is 16.5. The summed E-state index contributed by atoms with van der Waals surface area (Å²) in [6, 6.07) is 82.0. The van der Waals surface area contributed by atoms with E-state index in [1.165, 1.54) is 91.9 Å². The number of benzene rings is 10. The van der Waals surface area contributed by atoms with Crippen molar-refractivity contribution in [1.29, 1.82) is 0 Å². The number of anilines is 3. The SMILES string of the molecule is c1ccc(-c2cc3ccccc3cc2-c2ccc(N(c3ccc(-c4cc5ccccc5cc4-c4ccccc4)cc3)c3cccc4c3sc3ccccc34)cc2)cc1. The number of thiophene rings is 1. The standard InChI is InChI=1S/C56H37NS/c1-3-14-38(15-4-1)50-34-42-18-7-9-20-44(42)36-52(50)40-26-30-46(31-27-40)57(54-24-13-23-49-48-22-11-12-25-55(48)58-56(49)54)47-32-28-41(29-33-47)53-37-45-21-10-8-19-43(45)35-51(53)39-16-5-2-6-17-39/h1-37H. The van der Waals surface area contributed by atoms with Gasteiger partial charge in [0.15, 0.2) is 0 Å². The number of fused-ring (bicyclic) bond motifs is 5. The van der Waals surface area contributed by atoms with Crippen LogP contribution in [-0.4, -0.2) is 0 Å². The Hall–Kier alpha value is -7.26. The van der Waals surface area contributed by atoms with Crippen LogP contribution in [0.5, 0.6) is 0 Å². The molecule has 0 unspecified atom stereocenters. The van der Waals surface area contributed by atoms with Crippen LogP contribution in [0.3, 0.4) is 0 Å². The third-order valence-corrected chi connectivity index (χ3v) is 12.6. The Labute approximate surface area is 342 Å². The number of nitrogens with zero attached hydrogens (tertiary/aromatic N) is 1. The summed E-state index contributed by atoms with van der Waals surface area (Å²) in [5.41, 5.74) is 13.1. The summed E-state index contributed by atoms with van der Waals surface area (Å²) in [7, 11) is 0. The van der Waals surface area contributed by atoms with Gasteiger partial charge >= 0.3 is 0 Å². The van der Waals surface area contributed by atoms with Gasteiger partial charge in [-0.3, -0.25) is 0 Å². The molecule has 0 amide bonds. The Balaban J connectivity index is 1.06. The molecular weight excluding hydrogens is 719 g/mol. The van der Waals surface area contributed by atoms with Crippen LogP contribution in [0.2, 0.25) is 0 Å². The van der Waals surface area contributed by atoms with Gasteiger partial charge in [0.05, 0.1) is 10.4 Å². The quantitative estimate of drug-likeness (QED) is 0.157. The summed E-state index contributed by atoms with van der Waals surface area (Å²) >= 11 is 1.87. The molecule has 1 nitrogen and oxygen atoms in total. The highest BCUT2D eigenvalue weighted by Gasteiger charge is 2.20. The molecule has 272 valence electrons. The summed E-state index contributed by atoms with van der Waals surface area (Å²) in [5.74, 6) is 0. The molecule has 0 saturated carbocycles. The second kappa shape index (κ2) is 14.4. The highest BCUT2D eigenvalue weighted by molar-refractivity contribution is 7.26. The van der Waals surface area contributed by atoms with Gasteiger partial charge in [-0.2, -0.15) is 0 Å². The van der Waals surface area contributed by atoms with Gasteiger partial charge in [0.25, 0.3) is 0 Å². The molecule has 0 atom stereocenters. The van der Waals surface area contributed by atoms with Crippen LogP contribution in [0, 0.1) is 0 Å². The third-order valence-electron chi connectivity index (χ3n) is 11.4. The van der Waals surface area contributed by atoms with E-state index in [0.29, 0.717) is 0 Å². The Morgan fingerprint density at radius 2 is 0.672 bits per heavy atom. The van der Waals surface area contributed by atoms with Crippen LogP contribution >= 0.6 is 11.3 Å². The zero-order chi connectivity index (χ0) is 38.4. The zero-order valence-corrected chi connectivity index (χ0v) is 32.5. The normalized spacial score (nSPS) is 11.4. The van der Waals surface area contributed by atoms with Crippen LogP contribution in [0.15, 0.2) is 224 Å². The van der Waals surface area contributed by atoms with Gasteiger partial charge < -0.3 is 4.90 Å². The van der Waals surface area contributed by atoms with E-state index in [9.17, 15) is 0 Å². The van der Waals surface area contributed by atoms with Crippen molar-refractivity contribution in [2.24, 2.45) is 0 Å². The second-order valence-electron chi connectivity index (χ2n) is 14.9. The van der Waals surface area contributed by atoms with Gasteiger partial charge in [-0.15, -0.1) is 11.3 Å². The monoisotopic (exact) mass is 755 g/mol. The van der Waals surface area contributed by atoms with Crippen LogP contribution in [0.1, 0.15) is 0 Å². The maximum Gasteiger partial charge on any atom is 0.0640 e. The lowest BCUT2D eigenvalue weighted by Crippen LogP contribution is -2.10. The van der Waals surface area contributed by atoms with Crippen molar-refractivity contribution >= 4 is 70.1 Å². The summed E-state index contributed by atoms with van der Waals surface area (Å²) < 4.78 is 2.57. The highest BCUT2D eigenvalue weighted by atomic mass is 32.1. The van der Waals surface area contributed by atoms with Gasteiger partial charge in [0, 0.05) is 26.8 Å². The van der Waals surface area contributed by atoms with Crippen LogP contribution in [0.25, 0.3) is 86.2 Å². The van der Waals surface area contributed by atoms with Gasteiger partial charge in [-0.05, 0) is 127 Å². The first-order valence-electron chi connectivity index (χ1n) is 19.8. The lowest BCUT2D eigenvalue weighted by molar-refractivity contribution is 1.30. The van der Waals surface area contributed by atoms with Crippen molar-refractivity contribution in [3.8, 4) is 44.5 Å². The van der Waals surface area contributed by atoms with Crippen molar-refractivity contribution in [2.75, 3.05) is 4.90 Å². The topological polar surface area (TPSA) is 3.24 Å². The fourth-order valence-corrected chi connectivity index (χ4v) is 9.79. The summed E-state index contributed by atoms with van der Waals surface area (Å²) in [6.45, 7) is 0. The Morgan fingerprint density at radius 1 is 0.293 bits per heavy atom. The molecule has 58 heavy (non-hydrogen) atoms. The third kappa shape index (κ3) is 6.03. The number of hydrogen-bond donors (Lipinski definition) is 0. The van der Waals surface area contributed by atoms with Gasteiger partial charge in [0.2, 0.25) is 0 Å². The van der Waals surface area contributed by atoms with Crippen molar-refractivity contribution in [2.45, 2.75) is 0 Å². The van der Waals surface area contributed by atoms with Gasteiger partial charge in [-0.1, -0.05) is 164 Å². The van der Waals surface area contributed by atoms with Crippen molar-refractivity contribution < 1.29 is 0 Å². The summed E-state index contributed by atoms with van der Waals surface area (Å²) in [5, 5.41) is 7.54. The molecule has 1 aromatic heterocycles. The highest BCUT2D eigenvalue weighted by Crippen LogP contribution is 2.46. The smallest absolute Gasteiger partial charge is 0.0640 e. The molecule has 0 N–H and O–H groups in total. The Morgan fingerprint density at radius 3 is 1.14 bits per heavy atom. The van der Waals surface area contributed by atoms with E-state index in [1.54, 1.807) is 0 Å². The zero-order valence-electron chi connectivity index (χ0n) is 31.7. The molecule has 11 rings (SSSR count).